The van der Waals surface area contributed by atoms with E-state index in [9.17, 15) is 4.79 Å². The van der Waals surface area contributed by atoms with Gasteiger partial charge in [-0.1, -0.05) is 6.07 Å². The first-order valence-corrected chi connectivity index (χ1v) is 7.22. The van der Waals surface area contributed by atoms with Gasteiger partial charge in [-0.15, -0.1) is 0 Å². The van der Waals surface area contributed by atoms with Gasteiger partial charge in [-0.3, -0.25) is 4.79 Å². The molecular weight excluding hydrogens is 238 g/mol. The second-order valence-corrected chi connectivity index (χ2v) is 5.38. The van der Waals surface area contributed by atoms with Gasteiger partial charge in [0.05, 0.1) is 6.04 Å². The molecule has 2 aliphatic heterocycles. The Labute approximate surface area is 114 Å². The predicted octanol–water partition coefficient (Wildman–Crippen LogP) is 1.98. The molecule has 2 heterocycles. The molecule has 2 N–H and O–H groups in total. The van der Waals surface area contributed by atoms with Crippen LogP contribution in [0.2, 0.25) is 0 Å². The monoisotopic (exact) mass is 259 g/mol. The molecule has 19 heavy (non-hydrogen) atoms. The Bertz CT molecular complexity index is 448. The first-order chi connectivity index (χ1) is 9.33. The van der Waals surface area contributed by atoms with E-state index in [2.05, 4.69) is 27.7 Å². The molecule has 0 aliphatic carbocycles. The SMILES string of the molecule is O=C(Nc1cccc(N2CCCC2)c1)C1CCCN1. The number of nitrogens with one attached hydrogen (secondary N) is 2. The zero-order valence-corrected chi connectivity index (χ0v) is 11.2. The lowest BCUT2D eigenvalue weighted by Gasteiger charge is -2.19. The summed E-state index contributed by atoms with van der Waals surface area (Å²) in [6, 6.07) is 8.17. The third-order valence-corrected chi connectivity index (χ3v) is 3.96. The van der Waals surface area contributed by atoms with E-state index in [0.29, 0.717) is 0 Å². The zero-order chi connectivity index (χ0) is 13.1. The largest absolute Gasteiger partial charge is 0.371 e. The molecule has 0 radical (unpaired) electrons. The minimum atomic E-state index is -0.0181. The maximum absolute atomic E-state index is 12.1. The van der Waals surface area contributed by atoms with Gasteiger partial charge in [0.1, 0.15) is 0 Å². The molecule has 1 atom stereocenters. The third kappa shape index (κ3) is 2.89. The number of anilines is 2. The molecule has 1 amide bonds. The van der Waals surface area contributed by atoms with E-state index in [-0.39, 0.29) is 11.9 Å². The van der Waals surface area contributed by atoms with E-state index < -0.39 is 0 Å². The van der Waals surface area contributed by atoms with E-state index in [1.54, 1.807) is 0 Å². The average Bonchev–Trinajstić information content (AvgIpc) is 3.13. The molecule has 0 aromatic heterocycles. The number of hydrogen-bond acceptors (Lipinski definition) is 3. The van der Waals surface area contributed by atoms with Crippen LogP contribution in [0, 0.1) is 0 Å². The molecule has 102 valence electrons. The highest BCUT2D eigenvalue weighted by Gasteiger charge is 2.22. The fourth-order valence-electron chi connectivity index (χ4n) is 2.89. The van der Waals surface area contributed by atoms with Crippen molar-refractivity contribution in [1.82, 2.24) is 5.32 Å². The van der Waals surface area contributed by atoms with Crippen LogP contribution in [-0.2, 0) is 4.79 Å². The summed E-state index contributed by atoms with van der Waals surface area (Å²) in [5.74, 6) is 0.0936. The van der Waals surface area contributed by atoms with Crippen LogP contribution in [0.4, 0.5) is 11.4 Å². The van der Waals surface area contributed by atoms with Gasteiger partial charge in [-0.2, -0.15) is 0 Å². The second kappa shape index (κ2) is 5.61. The molecule has 0 spiro atoms. The van der Waals surface area contributed by atoms with Gasteiger partial charge in [0, 0.05) is 24.5 Å². The van der Waals surface area contributed by atoms with E-state index in [1.807, 2.05) is 12.1 Å². The van der Waals surface area contributed by atoms with E-state index >= 15 is 0 Å². The normalized spacial score (nSPS) is 22.7. The predicted molar refractivity (Wildman–Crippen MR) is 77.5 cm³/mol. The Morgan fingerprint density at radius 1 is 1.26 bits per heavy atom. The number of nitrogens with zero attached hydrogens (tertiary/aromatic N) is 1. The molecule has 2 aliphatic rings. The molecule has 3 rings (SSSR count). The van der Waals surface area contributed by atoms with Crippen LogP contribution in [0.5, 0.6) is 0 Å². The highest BCUT2D eigenvalue weighted by atomic mass is 16.2. The first-order valence-electron chi connectivity index (χ1n) is 7.22. The Morgan fingerprint density at radius 2 is 2.11 bits per heavy atom. The van der Waals surface area contributed by atoms with Crippen LogP contribution in [0.1, 0.15) is 25.7 Å². The fraction of sp³-hybridized carbons (Fsp3) is 0.533. The standard InChI is InChI=1S/C15H21N3O/c19-15(14-7-4-8-16-14)17-12-5-3-6-13(11-12)18-9-1-2-10-18/h3,5-6,11,14,16H,1-2,4,7-10H2,(H,17,19). The number of rotatable bonds is 3. The van der Waals surface area contributed by atoms with Crippen molar-refractivity contribution in [2.45, 2.75) is 31.7 Å². The van der Waals surface area contributed by atoms with Gasteiger partial charge in [0.25, 0.3) is 0 Å². The molecule has 4 heteroatoms. The lowest BCUT2D eigenvalue weighted by atomic mass is 10.2. The Kier molecular flexibility index (Phi) is 3.69. The molecule has 0 bridgehead atoms. The quantitative estimate of drug-likeness (QED) is 0.872. The molecule has 2 saturated heterocycles. The third-order valence-electron chi connectivity index (χ3n) is 3.96. The highest BCUT2D eigenvalue weighted by Crippen LogP contribution is 2.23. The van der Waals surface area contributed by atoms with Crippen molar-refractivity contribution in [1.29, 1.82) is 0 Å². The topological polar surface area (TPSA) is 44.4 Å². The van der Waals surface area contributed by atoms with Crippen molar-refractivity contribution in [3.63, 3.8) is 0 Å². The van der Waals surface area contributed by atoms with Crippen molar-refractivity contribution in [2.75, 3.05) is 29.9 Å². The summed E-state index contributed by atoms with van der Waals surface area (Å²) < 4.78 is 0. The lowest BCUT2D eigenvalue weighted by molar-refractivity contribution is -0.117. The van der Waals surface area contributed by atoms with Crippen LogP contribution >= 0.6 is 0 Å². The smallest absolute Gasteiger partial charge is 0.241 e. The van der Waals surface area contributed by atoms with Gasteiger partial charge in [0.15, 0.2) is 0 Å². The molecule has 4 nitrogen and oxygen atoms in total. The van der Waals surface area contributed by atoms with Crippen LogP contribution in [0.3, 0.4) is 0 Å². The van der Waals surface area contributed by atoms with Crippen molar-refractivity contribution in [3.8, 4) is 0 Å². The summed E-state index contributed by atoms with van der Waals surface area (Å²) in [7, 11) is 0. The Balaban J connectivity index is 1.66. The van der Waals surface area contributed by atoms with Crippen LogP contribution in [0.15, 0.2) is 24.3 Å². The summed E-state index contributed by atoms with van der Waals surface area (Å²) in [6.07, 6.45) is 4.56. The summed E-state index contributed by atoms with van der Waals surface area (Å²) >= 11 is 0. The maximum Gasteiger partial charge on any atom is 0.241 e. The lowest BCUT2D eigenvalue weighted by Crippen LogP contribution is -2.35. The van der Waals surface area contributed by atoms with E-state index in [4.69, 9.17) is 0 Å². The van der Waals surface area contributed by atoms with Crippen LogP contribution in [0.25, 0.3) is 0 Å². The number of amides is 1. The zero-order valence-electron chi connectivity index (χ0n) is 11.2. The van der Waals surface area contributed by atoms with E-state index in [0.717, 1.165) is 38.2 Å². The first kappa shape index (κ1) is 12.5. The number of benzene rings is 1. The van der Waals surface area contributed by atoms with Crippen molar-refractivity contribution >= 4 is 17.3 Å². The van der Waals surface area contributed by atoms with Crippen molar-refractivity contribution < 1.29 is 4.79 Å². The number of carbonyl (C=O) groups is 1. The summed E-state index contributed by atoms with van der Waals surface area (Å²) in [6.45, 7) is 3.20. The second-order valence-electron chi connectivity index (χ2n) is 5.38. The number of carbonyl (C=O) groups excluding carboxylic acids is 1. The van der Waals surface area contributed by atoms with Gasteiger partial charge >= 0.3 is 0 Å². The average molecular weight is 259 g/mol. The molecule has 2 fully saturated rings. The Hall–Kier alpha value is -1.55. The fourth-order valence-corrected chi connectivity index (χ4v) is 2.89. The van der Waals surface area contributed by atoms with Crippen molar-refractivity contribution in [3.05, 3.63) is 24.3 Å². The minimum Gasteiger partial charge on any atom is -0.371 e. The molecule has 1 aromatic carbocycles. The van der Waals surface area contributed by atoms with Crippen LogP contribution < -0.4 is 15.5 Å². The number of hydrogen-bond donors (Lipinski definition) is 2. The molecule has 1 aromatic rings. The molecule has 1 unspecified atom stereocenters. The van der Waals surface area contributed by atoms with Crippen molar-refractivity contribution in [2.24, 2.45) is 0 Å². The summed E-state index contributed by atoms with van der Waals surface area (Å²) in [5, 5.41) is 6.24. The van der Waals surface area contributed by atoms with Crippen LogP contribution in [-0.4, -0.2) is 31.6 Å². The maximum atomic E-state index is 12.1. The van der Waals surface area contributed by atoms with Gasteiger partial charge in [-0.25, -0.2) is 0 Å². The van der Waals surface area contributed by atoms with Gasteiger partial charge in [-0.05, 0) is 50.4 Å². The van der Waals surface area contributed by atoms with Gasteiger partial charge in [0.2, 0.25) is 5.91 Å². The Morgan fingerprint density at radius 3 is 2.84 bits per heavy atom. The van der Waals surface area contributed by atoms with Gasteiger partial charge < -0.3 is 15.5 Å². The highest BCUT2D eigenvalue weighted by molar-refractivity contribution is 5.95. The van der Waals surface area contributed by atoms with E-state index in [1.165, 1.54) is 18.5 Å². The minimum absolute atomic E-state index is 0.0181. The molecular formula is C15H21N3O. The molecule has 0 saturated carbocycles. The summed E-state index contributed by atoms with van der Waals surface area (Å²) in [4.78, 5) is 14.4. The summed E-state index contributed by atoms with van der Waals surface area (Å²) in [5.41, 5.74) is 2.12.